The second-order valence-corrected chi connectivity index (χ2v) is 5.58. The summed E-state index contributed by atoms with van der Waals surface area (Å²) < 4.78 is 2.08. The van der Waals surface area contributed by atoms with Crippen molar-refractivity contribution in [2.24, 2.45) is 5.92 Å². The van der Waals surface area contributed by atoms with Gasteiger partial charge < -0.3 is 5.32 Å². The van der Waals surface area contributed by atoms with Gasteiger partial charge in [0.25, 0.3) is 0 Å². The highest BCUT2D eigenvalue weighted by Gasteiger charge is 2.12. The molecule has 0 amide bonds. The molecule has 1 aliphatic carbocycles. The third-order valence-electron chi connectivity index (χ3n) is 4.08. The summed E-state index contributed by atoms with van der Waals surface area (Å²) in [5, 5.41) is 8.14. The molecule has 1 aliphatic rings. The Morgan fingerprint density at radius 3 is 2.63 bits per heavy atom. The van der Waals surface area contributed by atoms with Crippen LogP contribution in [0.3, 0.4) is 0 Å². The van der Waals surface area contributed by atoms with Crippen molar-refractivity contribution in [2.45, 2.75) is 65.3 Å². The van der Waals surface area contributed by atoms with Gasteiger partial charge in [-0.1, -0.05) is 33.1 Å². The van der Waals surface area contributed by atoms with Crippen molar-refractivity contribution in [3.63, 3.8) is 0 Å². The second kappa shape index (κ2) is 7.63. The third kappa shape index (κ3) is 4.30. The normalized spacial score (nSPS) is 16.9. The number of aryl methyl sites for hydroxylation is 2. The summed E-state index contributed by atoms with van der Waals surface area (Å²) in [5.74, 6) is 3.00. The Kier molecular flexibility index (Phi) is 5.83. The van der Waals surface area contributed by atoms with E-state index in [-0.39, 0.29) is 0 Å². The molecule has 2 rings (SSSR count). The van der Waals surface area contributed by atoms with E-state index in [4.69, 9.17) is 0 Å². The van der Waals surface area contributed by atoms with E-state index in [0.717, 1.165) is 43.5 Å². The molecule has 0 bridgehead atoms. The van der Waals surface area contributed by atoms with Gasteiger partial charge in [0.1, 0.15) is 5.82 Å². The SMILES string of the molecule is CCc1nc(CC)n(CCNCC2CCCCC2)n1. The van der Waals surface area contributed by atoms with Crippen LogP contribution in [0.5, 0.6) is 0 Å². The molecule has 1 heterocycles. The third-order valence-corrected chi connectivity index (χ3v) is 4.08. The number of hydrogen-bond donors (Lipinski definition) is 1. The monoisotopic (exact) mass is 264 g/mol. The second-order valence-electron chi connectivity index (χ2n) is 5.58. The number of rotatable bonds is 7. The first-order chi connectivity index (χ1) is 9.33. The van der Waals surface area contributed by atoms with E-state index in [1.165, 1.54) is 38.6 Å². The predicted molar refractivity (Wildman–Crippen MR) is 78.2 cm³/mol. The summed E-state index contributed by atoms with van der Waals surface area (Å²) in [4.78, 5) is 4.54. The minimum atomic E-state index is 0.904. The smallest absolute Gasteiger partial charge is 0.150 e. The molecule has 1 saturated carbocycles. The minimum Gasteiger partial charge on any atom is -0.315 e. The first-order valence-corrected chi connectivity index (χ1v) is 7.96. The molecule has 0 aliphatic heterocycles. The molecule has 0 unspecified atom stereocenters. The highest BCUT2D eigenvalue weighted by atomic mass is 15.3. The van der Waals surface area contributed by atoms with Gasteiger partial charge in [-0.3, -0.25) is 0 Å². The Labute approximate surface area is 117 Å². The standard InChI is InChI=1S/C15H28N4/c1-3-14-17-15(4-2)19(18-14)11-10-16-12-13-8-6-5-7-9-13/h13,16H,3-12H2,1-2H3. The van der Waals surface area contributed by atoms with Crippen molar-refractivity contribution in [2.75, 3.05) is 13.1 Å². The van der Waals surface area contributed by atoms with Crippen molar-refractivity contribution in [3.8, 4) is 0 Å². The van der Waals surface area contributed by atoms with Gasteiger partial charge in [-0.05, 0) is 25.3 Å². The van der Waals surface area contributed by atoms with Crippen molar-refractivity contribution < 1.29 is 0 Å². The van der Waals surface area contributed by atoms with Crippen molar-refractivity contribution >= 4 is 0 Å². The Balaban J connectivity index is 1.71. The van der Waals surface area contributed by atoms with Gasteiger partial charge in [-0.15, -0.1) is 0 Å². The van der Waals surface area contributed by atoms with E-state index in [9.17, 15) is 0 Å². The molecule has 0 radical (unpaired) electrons. The van der Waals surface area contributed by atoms with Crippen LogP contribution in [0.2, 0.25) is 0 Å². The lowest BCUT2D eigenvalue weighted by Crippen LogP contribution is -2.28. The maximum atomic E-state index is 4.55. The van der Waals surface area contributed by atoms with Crippen LogP contribution in [0.25, 0.3) is 0 Å². The highest BCUT2D eigenvalue weighted by Crippen LogP contribution is 2.22. The molecular formula is C15H28N4. The Morgan fingerprint density at radius 1 is 1.16 bits per heavy atom. The zero-order valence-electron chi connectivity index (χ0n) is 12.5. The molecular weight excluding hydrogens is 236 g/mol. The molecule has 0 aromatic carbocycles. The molecule has 4 heteroatoms. The zero-order chi connectivity index (χ0) is 13.5. The van der Waals surface area contributed by atoms with Crippen LogP contribution in [0.4, 0.5) is 0 Å². The van der Waals surface area contributed by atoms with Gasteiger partial charge >= 0.3 is 0 Å². The maximum Gasteiger partial charge on any atom is 0.150 e. The van der Waals surface area contributed by atoms with Crippen LogP contribution in [-0.4, -0.2) is 27.9 Å². The molecule has 0 spiro atoms. The topological polar surface area (TPSA) is 42.7 Å². The molecule has 4 nitrogen and oxygen atoms in total. The average molecular weight is 264 g/mol. The van der Waals surface area contributed by atoms with E-state index in [2.05, 4.69) is 33.9 Å². The molecule has 1 aromatic heterocycles. The zero-order valence-corrected chi connectivity index (χ0v) is 12.5. The first-order valence-electron chi connectivity index (χ1n) is 7.96. The van der Waals surface area contributed by atoms with Crippen LogP contribution < -0.4 is 5.32 Å². The van der Waals surface area contributed by atoms with E-state index in [1.807, 2.05) is 0 Å². The molecule has 19 heavy (non-hydrogen) atoms. The van der Waals surface area contributed by atoms with E-state index >= 15 is 0 Å². The summed E-state index contributed by atoms with van der Waals surface area (Å²) in [6.45, 7) is 7.39. The Morgan fingerprint density at radius 2 is 1.95 bits per heavy atom. The maximum absolute atomic E-state index is 4.55. The van der Waals surface area contributed by atoms with Gasteiger partial charge in [0.15, 0.2) is 5.82 Å². The van der Waals surface area contributed by atoms with Gasteiger partial charge in [0, 0.05) is 19.4 Å². The minimum absolute atomic E-state index is 0.904. The Hall–Kier alpha value is -0.900. The number of hydrogen-bond acceptors (Lipinski definition) is 3. The molecule has 1 aromatic rings. The predicted octanol–water partition coefficient (Wildman–Crippen LogP) is 2.57. The van der Waals surface area contributed by atoms with Crippen LogP contribution in [-0.2, 0) is 19.4 Å². The van der Waals surface area contributed by atoms with E-state index in [0.29, 0.717) is 0 Å². The number of nitrogens with one attached hydrogen (secondary N) is 1. The summed E-state index contributed by atoms with van der Waals surface area (Å²) in [6, 6.07) is 0. The van der Waals surface area contributed by atoms with Crippen molar-refractivity contribution in [3.05, 3.63) is 11.6 Å². The Bertz CT molecular complexity index is 366. The lowest BCUT2D eigenvalue weighted by molar-refractivity contribution is 0.339. The van der Waals surface area contributed by atoms with Gasteiger partial charge in [-0.2, -0.15) is 5.10 Å². The van der Waals surface area contributed by atoms with Gasteiger partial charge in [-0.25, -0.2) is 9.67 Å². The summed E-state index contributed by atoms with van der Waals surface area (Å²) in [6.07, 6.45) is 9.01. The fourth-order valence-corrected chi connectivity index (χ4v) is 2.90. The lowest BCUT2D eigenvalue weighted by Gasteiger charge is -2.21. The lowest BCUT2D eigenvalue weighted by atomic mass is 9.89. The molecule has 1 N–H and O–H groups in total. The van der Waals surface area contributed by atoms with Crippen LogP contribution in [0, 0.1) is 5.92 Å². The van der Waals surface area contributed by atoms with Crippen LogP contribution in [0.1, 0.15) is 57.6 Å². The summed E-state index contributed by atoms with van der Waals surface area (Å²) >= 11 is 0. The fourth-order valence-electron chi connectivity index (χ4n) is 2.90. The summed E-state index contributed by atoms with van der Waals surface area (Å²) in [5.41, 5.74) is 0. The first kappa shape index (κ1) is 14.5. The molecule has 0 atom stereocenters. The quantitative estimate of drug-likeness (QED) is 0.770. The van der Waals surface area contributed by atoms with Crippen LogP contribution in [0.15, 0.2) is 0 Å². The number of nitrogens with zero attached hydrogens (tertiary/aromatic N) is 3. The van der Waals surface area contributed by atoms with Crippen LogP contribution >= 0.6 is 0 Å². The van der Waals surface area contributed by atoms with Crippen molar-refractivity contribution in [1.29, 1.82) is 0 Å². The van der Waals surface area contributed by atoms with E-state index in [1.54, 1.807) is 0 Å². The van der Waals surface area contributed by atoms with Gasteiger partial charge in [0.2, 0.25) is 0 Å². The fraction of sp³-hybridized carbons (Fsp3) is 0.867. The molecule has 108 valence electrons. The largest absolute Gasteiger partial charge is 0.315 e. The average Bonchev–Trinajstić information content (AvgIpc) is 2.87. The summed E-state index contributed by atoms with van der Waals surface area (Å²) in [7, 11) is 0. The molecule has 0 saturated heterocycles. The molecule has 1 fully saturated rings. The highest BCUT2D eigenvalue weighted by molar-refractivity contribution is 4.92. The number of aromatic nitrogens is 3. The van der Waals surface area contributed by atoms with Crippen molar-refractivity contribution in [1.82, 2.24) is 20.1 Å². The van der Waals surface area contributed by atoms with E-state index < -0.39 is 0 Å². The van der Waals surface area contributed by atoms with Gasteiger partial charge in [0.05, 0.1) is 6.54 Å².